The lowest BCUT2D eigenvalue weighted by Crippen LogP contribution is -2.38. The van der Waals surface area contributed by atoms with Crippen LogP contribution in [0.3, 0.4) is 0 Å². The second kappa shape index (κ2) is 7.69. The highest BCUT2D eigenvalue weighted by molar-refractivity contribution is 7.92. The first-order valence-electron chi connectivity index (χ1n) is 9.36. The summed E-state index contributed by atoms with van der Waals surface area (Å²) < 4.78 is 62.2. The molecule has 1 N–H and O–H groups in total. The normalized spacial score (nSPS) is 15.3. The maximum atomic E-state index is 14.1. The Morgan fingerprint density at radius 1 is 1.10 bits per heavy atom. The molecule has 0 aliphatic carbocycles. The molecule has 0 fully saturated rings. The van der Waals surface area contributed by atoms with Gasteiger partial charge in [-0.2, -0.15) is 0 Å². The van der Waals surface area contributed by atoms with Crippen molar-refractivity contribution in [2.75, 3.05) is 10.9 Å². The van der Waals surface area contributed by atoms with Gasteiger partial charge >= 0.3 is 6.16 Å². The van der Waals surface area contributed by atoms with Crippen molar-refractivity contribution < 1.29 is 31.8 Å². The molecule has 162 valence electrons. The van der Waals surface area contributed by atoms with Crippen molar-refractivity contribution in [2.45, 2.75) is 24.3 Å². The first kappa shape index (κ1) is 20.9. The summed E-state index contributed by atoms with van der Waals surface area (Å²) in [4.78, 5) is 10.4. The van der Waals surface area contributed by atoms with Crippen molar-refractivity contribution in [1.82, 2.24) is 4.57 Å². The van der Waals surface area contributed by atoms with Gasteiger partial charge in [-0.25, -0.2) is 22.0 Å². The van der Waals surface area contributed by atoms with Crippen LogP contribution in [0.4, 0.5) is 19.3 Å². The number of rotatable bonds is 5. The number of hydrogen-bond donors (Lipinski definition) is 1. The highest BCUT2D eigenvalue weighted by Crippen LogP contribution is 2.43. The van der Waals surface area contributed by atoms with Crippen molar-refractivity contribution in [3.05, 3.63) is 77.6 Å². The second-order valence-corrected chi connectivity index (χ2v) is 8.86. The molecule has 1 atom stereocenters. The van der Waals surface area contributed by atoms with Crippen molar-refractivity contribution in [3.8, 4) is 5.69 Å². The number of nitrogens with zero attached hydrogens (tertiary/aromatic N) is 2. The highest BCUT2D eigenvalue weighted by Gasteiger charge is 2.37. The van der Waals surface area contributed by atoms with Crippen LogP contribution in [0.1, 0.15) is 24.2 Å². The van der Waals surface area contributed by atoms with E-state index in [0.717, 1.165) is 16.4 Å². The summed E-state index contributed by atoms with van der Waals surface area (Å²) in [6.07, 6.45) is 0.568. The molecule has 0 radical (unpaired) electrons. The summed E-state index contributed by atoms with van der Waals surface area (Å²) in [5.41, 5.74) is 1.57. The van der Waals surface area contributed by atoms with E-state index in [9.17, 15) is 22.0 Å². The van der Waals surface area contributed by atoms with E-state index in [-0.39, 0.29) is 29.3 Å². The second-order valence-electron chi connectivity index (χ2n) is 7.04. The summed E-state index contributed by atoms with van der Waals surface area (Å²) >= 11 is 0. The Bertz CT molecular complexity index is 1260. The van der Waals surface area contributed by atoms with Gasteiger partial charge in [-0.05, 0) is 36.8 Å². The van der Waals surface area contributed by atoms with Gasteiger partial charge in [-0.15, -0.1) is 0 Å². The maximum absolute atomic E-state index is 14.1. The average molecular weight is 448 g/mol. The Morgan fingerprint density at radius 3 is 2.39 bits per heavy atom. The zero-order valence-electron chi connectivity index (χ0n) is 16.3. The lowest BCUT2D eigenvalue weighted by molar-refractivity contribution is 0.0927. The summed E-state index contributed by atoms with van der Waals surface area (Å²) in [7, 11) is -4.12. The third-order valence-corrected chi connectivity index (χ3v) is 7.07. The smallest absolute Gasteiger partial charge is 0.450 e. The van der Waals surface area contributed by atoms with Crippen molar-refractivity contribution in [3.63, 3.8) is 0 Å². The third kappa shape index (κ3) is 3.63. The predicted octanol–water partition coefficient (Wildman–Crippen LogP) is 4.26. The molecule has 1 aliphatic heterocycles. The average Bonchev–Trinajstić information content (AvgIpc) is 3.20. The SMILES string of the molecule is CC1c2cccn2-c2cc(F)c(F)cc2N1S(=O)(=O)c1ccc(CCOC(=O)O)cc1. The molecular formula is C21H18F2N2O5S. The number of halogens is 2. The van der Waals surface area contributed by atoms with Crippen LogP contribution >= 0.6 is 0 Å². The quantitative estimate of drug-likeness (QED) is 0.589. The van der Waals surface area contributed by atoms with E-state index in [2.05, 4.69) is 4.74 Å². The van der Waals surface area contributed by atoms with Crippen LogP contribution in [0.5, 0.6) is 0 Å². The molecule has 0 bridgehead atoms. The number of sulfonamides is 1. The number of carbonyl (C=O) groups is 1. The number of fused-ring (bicyclic) bond motifs is 3. The Balaban J connectivity index is 1.73. The summed E-state index contributed by atoms with van der Waals surface area (Å²) in [6.45, 7) is 1.62. The molecule has 0 saturated carbocycles. The number of aromatic nitrogens is 1. The molecule has 0 saturated heterocycles. The molecular weight excluding hydrogens is 430 g/mol. The van der Waals surface area contributed by atoms with Crippen LogP contribution in [-0.4, -0.2) is 30.9 Å². The molecule has 31 heavy (non-hydrogen) atoms. The lowest BCUT2D eigenvalue weighted by Gasteiger charge is -2.37. The Labute approximate surface area is 177 Å². The monoisotopic (exact) mass is 448 g/mol. The molecule has 0 amide bonds. The molecule has 2 heterocycles. The molecule has 1 unspecified atom stereocenters. The number of ether oxygens (including phenoxy) is 1. The van der Waals surface area contributed by atoms with E-state index in [1.54, 1.807) is 42.0 Å². The standard InChI is InChI=1S/C21H18F2N2O5S/c1-13-18-3-2-9-24(18)19-11-16(22)17(23)12-20(19)25(13)31(28,29)15-6-4-14(5-7-15)8-10-30-21(26)27/h2-7,9,11-13H,8,10H2,1H3,(H,26,27). The van der Waals surface area contributed by atoms with E-state index in [1.165, 1.54) is 12.1 Å². The summed E-state index contributed by atoms with van der Waals surface area (Å²) in [6, 6.07) is 10.5. The molecule has 10 heteroatoms. The van der Waals surface area contributed by atoms with Gasteiger partial charge in [0.15, 0.2) is 11.6 Å². The van der Waals surface area contributed by atoms with Crippen LogP contribution in [0.15, 0.2) is 59.6 Å². The van der Waals surface area contributed by atoms with Gasteiger partial charge < -0.3 is 14.4 Å². The summed E-state index contributed by atoms with van der Waals surface area (Å²) in [5, 5.41) is 8.52. The lowest BCUT2D eigenvalue weighted by atomic mass is 10.1. The van der Waals surface area contributed by atoms with Gasteiger partial charge in [0.2, 0.25) is 0 Å². The number of carboxylic acid groups (broad SMARTS) is 1. The molecule has 1 aliphatic rings. The fourth-order valence-electron chi connectivity index (χ4n) is 3.71. The van der Waals surface area contributed by atoms with Crippen LogP contribution in [0.2, 0.25) is 0 Å². The van der Waals surface area contributed by atoms with Crippen LogP contribution in [0, 0.1) is 11.6 Å². The topological polar surface area (TPSA) is 88.8 Å². The van der Waals surface area contributed by atoms with Gasteiger partial charge in [0, 0.05) is 30.4 Å². The maximum Gasteiger partial charge on any atom is 0.505 e. The van der Waals surface area contributed by atoms with E-state index in [1.807, 2.05) is 0 Å². The van der Waals surface area contributed by atoms with E-state index >= 15 is 0 Å². The van der Waals surface area contributed by atoms with Crippen LogP contribution in [0.25, 0.3) is 5.69 Å². The van der Waals surface area contributed by atoms with Gasteiger partial charge in [0.1, 0.15) is 0 Å². The summed E-state index contributed by atoms with van der Waals surface area (Å²) in [5.74, 6) is -2.21. The Hall–Kier alpha value is -3.40. The molecule has 1 aromatic heterocycles. The Morgan fingerprint density at radius 2 is 1.74 bits per heavy atom. The van der Waals surface area contributed by atoms with Gasteiger partial charge in [-0.1, -0.05) is 12.1 Å². The van der Waals surface area contributed by atoms with Gasteiger partial charge in [-0.3, -0.25) is 4.31 Å². The van der Waals surface area contributed by atoms with Crippen LogP contribution < -0.4 is 4.31 Å². The van der Waals surface area contributed by atoms with Crippen molar-refractivity contribution in [2.24, 2.45) is 0 Å². The van der Waals surface area contributed by atoms with Crippen molar-refractivity contribution in [1.29, 1.82) is 0 Å². The van der Waals surface area contributed by atoms with Gasteiger partial charge in [0.25, 0.3) is 10.0 Å². The minimum absolute atomic E-state index is 0.0297. The van der Waals surface area contributed by atoms with Crippen molar-refractivity contribution >= 4 is 21.9 Å². The third-order valence-electron chi connectivity index (χ3n) is 5.17. The van der Waals surface area contributed by atoms with E-state index < -0.39 is 33.9 Å². The molecule has 3 aromatic rings. The number of hydrogen-bond acceptors (Lipinski definition) is 4. The molecule has 4 rings (SSSR count). The number of anilines is 1. The zero-order valence-corrected chi connectivity index (χ0v) is 17.1. The fraction of sp³-hybridized carbons (Fsp3) is 0.190. The minimum Gasteiger partial charge on any atom is -0.450 e. The highest BCUT2D eigenvalue weighted by atomic mass is 32.2. The minimum atomic E-state index is -4.12. The first-order chi connectivity index (χ1) is 14.7. The van der Waals surface area contributed by atoms with E-state index in [0.29, 0.717) is 11.3 Å². The molecule has 7 nitrogen and oxygen atoms in total. The fourth-order valence-corrected chi connectivity index (χ4v) is 5.35. The largest absolute Gasteiger partial charge is 0.505 e. The number of benzene rings is 2. The van der Waals surface area contributed by atoms with Crippen LogP contribution in [-0.2, 0) is 21.2 Å². The first-order valence-corrected chi connectivity index (χ1v) is 10.8. The Kier molecular flexibility index (Phi) is 5.18. The zero-order chi connectivity index (χ0) is 22.3. The molecule has 0 spiro atoms. The van der Waals surface area contributed by atoms with Gasteiger partial charge in [0.05, 0.1) is 28.9 Å². The predicted molar refractivity (Wildman–Crippen MR) is 108 cm³/mol. The van der Waals surface area contributed by atoms with E-state index in [4.69, 9.17) is 5.11 Å². The molecule has 2 aromatic carbocycles.